The lowest BCUT2D eigenvalue weighted by Crippen LogP contribution is -2.28. The van der Waals surface area contributed by atoms with Crippen molar-refractivity contribution in [3.63, 3.8) is 0 Å². The van der Waals surface area contributed by atoms with Crippen molar-refractivity contribution in [1.29, 1.82) is 0 Å². The highest BCUT2D eigenvalue weighted by molar-refractivity contribution is 5.66. The third-order valence-corrected chi connectivity index (χ3v) is 1.91. The van der Waals surface area contributed by atoms with Gasteiger partial charge in [-0.25, -0.2) is 0 Å². The molecule has 1 aliphatic rings. The molecule has 1 rings (SSSR count). The summed E-state index contributed by atoms with van der Waals surface area (Å²) in [4.78, 5) is 10.1. The minimum atomic E-state index is -0.847. The highest BCUT2D eigenvalue weighted by Crippen LogP contribution is 2.18. The Hall–Kier alpha value is -0.610. The maximum absolute atomic E-state index is 10.1. The van der Waals surface area contributed by atoms with Crippen molar-refractivity contribution in [1.82, 2.24) is 5.32 Å². The van der Waals surface area contributed by atoms with Crippen molar-refractivity contribution in [2.24, 2.45) is 0 Å². The molecule has 0 aromatic carbocycles. The molecule has 12 heavy (non-hydrogen) atoms. The van der Waals surface area contributed by atoms with Crippen molar-refractivity contribution in [2.45, 2.75) is 37.8 Å². The molecule has 0 spiro atoms. The number of carboxylic acid groups (broad SMARTS) is 1. The number of aliphatic carboxylic acids is 1. The smallest absolute Gasteiger partial charge is 0.303 e. The van der Waals surface area contributed by atoms with Gasteiger partial charge in [0.15, 0.2) is 0 Å². The Bertz CT molecular complexity index is 156. The zero-order valence-corrected chi connectivity index (χ0v) is 6.99. The molecule has 1 fully saturated rings. The lowest BCUT2D eigenvalue weighted by Gasteiger charge is -2.09. The Morgan fingerprint density at radius 1 is 1.58 bits per heavy atom. The summed E-state index contributed by atoms with van der Waals surface area (Å²) in [5.74, 6) is -0.847. The summed E-state index contributed by atoms with van der Waals surface area (Å²) in [6.45, 7) is 0.526. The van der Waals surface area contributed by atoms with Gasteiger partial charge in [-0.1, -0.05) is 0 Å². The van der Waals surface area contributed by atoms with Gasteiger partial charge in [0.2, 0.25) is 0 Å². The van der Waals surface area contributed by atoms with E-state index in [1.54, 1.807) is 0 Å². The summed E-state index contributed by atoms with van der Waals surface area (Å²) in [7, 11) is 0. The van der Waals surface area contributed by atoms with Crippen LogP contribution in [0.4, 0.5) is 0 Å². The minimum Gasteiger partial charge on any atom is -0.481 e. The van der Waals surface area contributed by atoms with Gasteiger partial charge >= 0.3 is 5.97 Å². The Labute approximate surface area is 71.6 Å². The molecule has 0 aromatic heterocycles. The van der Waals surface area contributed by atoms with E-state index in [1.807, 2.05) is 0 Å². The Balaban J connectivity index is 1.94. The Morgan fingerprint density at radius 2 is 2.25 bits per heavy atom. The highest BCUT2D eigenvalue weighted by Gasteiger charge is 2.21. The minimum absolute atomic E-state index is 0.0491. The molecular formula is C8H15NO3. The summed E-state index contributed by atoms with van der Waals surface area (Å²) in [6.07, 6.45) is 2.25. The van der Waals surface area contributed by atoms with E-state index in [0.29, 0.717) is 19.0 Å². The van der Waals surface area contributed by atoms with Crippen molar-refractivity contribution in [3.05, 3.63) is 0 Å². The first-order valence-corrected chi connectivity index (χ1v) is 4.31. The first-order chi connectivity index (χ1) is 5.68. The second-order valence-electron chi connectivity index (χ2n) is 3.27. The molecule has 0 heterocycles. The highest BCUT2D eigenvalue weighted by atomic mass is 16.4. The van der Waals surface area contributed by atoms with Crippen LogP contribution in [0.1, 0.15) is 25.7 Å². The fourth-order valence-electron chi connectivity index (χ4n) is 0.982. The van der Waals surface area contributed by atoms with E-state index in [0.717, 1.165) is 0 Å². The molecule has 3 N–H and O–H groups in total. The van der Waals surface area contributed by atoms with Crippen molar-refractivity contribution in [3.8, 4) is 0 Å². The molecule has 0 aliphatic heterocycles. The fourth-order valence-corrected chi connectivity index (χ4v) is 0.982. The van der Waals surface area contributed by atoms with E-state index >= 15 is 0 Å². The number of hydrogen-bond acceptors (Lipinski definition) is 3. The summed E-state index contributed by atoms with van der Waals surface area (Å²) in [5, 5.41) is 20.7. The van der Waals surface area contributed by atoms with Crippen LogP contribution in [0.15, 0.2) is 0 Å². The zero-order valence-electron chi connectivity index (χ0n) is 6.99. The molecule has 1 unspecified atom stereocenters. The van der Waals surface area contributed by atoms with Crippen LogP contribution in [-0.4, -0.2) is 34.9 Å². The second-order valence-corrected chi connectivity index (χ2v) is 3.27. The second kappa shape index (κ2) is 4.42. The van der Waals surface area contributed by atoms with Crippen LogP contribution in [0.3, 0.4) is 0 Å². The standard InChI is InChI=1S/C8H15NO3/c10-7(3-4-8(11)12)5-9-6-1-2-6/h6-7,9-10H,1-5H2,(H,11,12). The molecule has 4 heteroatoms. The van der Waals surface area contributed by atoms with E-state index in [2.05, 4.69) is 5.32 Å². The Kier molecular flexibility index (Phi) is 3.49. The third-order valence-electron chi connectivity index (χ3n) is 1.91. The van der Waals surface area contributed by atoms with Gasteiger partial charge in [0.25, 0.3) is 0 Å². The molecule has 0 bridgehead atoms. The molecule has 70 valence electrons. The van der Waals surface area contributed by atoms with E-state index in [-0.39, 0.29) is 6.42 Å². The fraction of sp³-hybridized carbons (Fsp3) is 0.875. The number of aliphatic hydroxyl groups excluding tert-OH is 1. The van der Waals surface area contributed by atoms with Crippen molar-refractivity contribution >= 4 is 5.97 Å². The maximum Gasteiger partial charge on any atom is 0.303 e. The van der Waals surface area contributed by atoms with Gasteiger partial charge in [-0.3, -0.25) is 4.79 Å². The predicted molar refractivity (Wildman–Crippen MR) is 43.9 cm³/mol. The van der Waals surface area contributed by atoms with Crippen molar-refractivity contribution in [2.75, 3.05) is 6.54 Å². The van der Waals surface area contributed by atoms with Crippen LogP contribution in [-0.2, 0) is 4.79 Å². The van der Waals surface area contributed by atoms with Crippen molar-refractivity contribution < 1.29 is 15.0 Å². The van der Waals surface area contributed by atoms with Gasteiger partial charge in [-0.05, 0) is 19.3 Å². The topological polar surface area (TPSA) is 69.6 Å². The Morgan fingerprint density at radius 3 is 2.75 bits per heavy atom. The molecule has 1 aliphatic carbocycles. The van der Waals surface area contributed by atoms with Gasteiger partial charge in [0.05, 0.1) is 6.10 Å². The van der Waals surface area contributed by atoms with Gasteiger partial charge < -0.3 is 15.5 Å². The number of carbonyl (C=O) groups is 1. The van der Waals surface area contributed by atoms with E-state index in [9.17, 15) is 9.90 Å². The number of aliphatic hydroxyl groups is 1. The van der Waals surface area contributed by atoms with E-state index in [4.69, 9.17) is 5.11 Å². The van der Waals surface area contributed by atoms with Gasteiger partial charge in [-0.15, -0.1) is 0 Å². The number of carboxylic acids is 1. The molecule has 0 aromatic rings. The average Bonchev–Trinajstić information content (AvgIpc) is 2.80. The van der Waals surface area contributed by atoms with Gasteiger partial charge in [0.1, 0.15) is 0 Å². The summed E-state index contributed by atoms with van der Waals surface area (Å²) in [5.41, 5.74) is 0. The van der Waals surface area contributed by atoms with Crippen LogP contribution in [0, 0.1) is 0 Å². The van der Waals surface area contributed by atoms with Crippen LogP contribution in [0.2, 0.25) is 0 Å². The maximum atomic E-state index is 10.1. The largest absolute Gasteiger partial charge is 0.481 e. The molecule has 0 saturated heterocycles. The molecule has 1 atom stereocenters. The molecule has 1 saturated carbocycles. The monoisotopic (exact) mass is 173 g/mol. The number of hydrogen-bond donors (Lipinski definition) is 3. The third kappa shape index (κ3) is 4.31. The lowest BCUT2D eigenvalue weighted by atomic mass is 10.2. The van der Waals surface area contributed by atoms with E-state index in [1.165, 1.54) is 12.8 Å². The first kappa shape index (κ1) is 9.48. The molecular weight excluding hydrogens is 158 g/mol. The normalized spacial score (nSPS) is 19.1. The first-order valence-electron chi connectivity index (χ1n) is 4.31. The van der Waals surface area contributed by atoms with E-state index < -0.39 is 12.1 Å². The number of rotatable bonds is 6. The van der Waals surface area contributed by atoms with Gasteiger partial charge in [0, 0.05) is 19.0 Å². The zero-order chi connectivity index (χ0) is 8.97. The lowest BCUT2D eigenvalue weighted by molar-refractivity contribution is -0.137. The average molecular weight is 173 g/mol. The van der Waals surface area contributed by atoms with Crippen LogP contribution < -0.4 is 5.32 Å². The molecule has 4 nitrogen and oxygen atoms in total. The van der Waals surface area contributed by atoms with Gasteiger partial charge in [-0.2, -0.15) is 0 Å². The molecule has 0 radical (unpaired) electrons. The molecule has 0 amide bonds. The number of nitrogens with one attached hydrogen (secondary N) is 1. The summed E-state index contributed by atoms with van der Waals surface area (Å²) < 4.78 is 0. The summed E-state index contributed by atoms with van der Waals surface area (Å²) >= 11 is 0. The van der Waals surface area contributed by atoms with Crippen LogP contribution in [0.5, 0.6) is 0 Å². The van der Waals surface area contributed by atoms with Crippen LogP contribution >= 0.6 is 0 Å². The predicted octanol–water partition coefficient (Wildman–Crippen LogP) is -0.0359. The SMILES string of the molecule is O=C(O)CCC(O)CNC1CC1. The summed E-state index contributed by atoms with van der Waals surface area (Å²) in [6, 6.07) is 0.574. The van der Waals surface area contributed by atoms with Crippen LogP contribution in [0.25, 0.3) is 0 Å². The quantitative estimate of drug-likeness (QED) is 0.527.